The molecule has 0 atom stereocenters. The van der Waals surface area contributed by atoms with Crippen LogP contribution in [0.2, 0.25) is 0 Å². The molecule has 1 N–H and O–H groups in total. The Hall–Kier alpha value is -3.02. The van der Waals surface area contributed by atoms with E-state index >= 15 is 0 Å². The highest BCUT2D eigenvalue weighted by atomic mass is 16.6. The molecule has 0 heterocycles. The second-order valence-electron chi connectivity index (χ2n) is 5.49. The van der Waals surface area contributed by atoms with Crippen LogP contribution in [0.5, 0.6) is 11.5 Å². The van der Waals surface area contributed by atoms with E-state index in [1.165, 1.54) is 6.21 Å². The summed E-state index contributed by atoms with van der Waals surface area (Å²) in [5.74, 6) is 0.962. The van der Waals surface area contributed by atoms with Gasteiger partial charge in [-0.3, -0.25) is 4.79 Å². The van der Waals surface area contributed by atoms with Gasteiger partial charge in [-0.1, -0.05) is 22.9 Å². The van der Waals surface area contributed by atoms with E-state index in [4.69, 9.17) is 14.3 Å². The van der Waals surface area contributed by atoms with E-state index in [0.717, 1.165) is 22.4 Å². The maximum Gasteiger partial charge on any atom is 0.265 e. The van der Waals surface area contributed by atoms with E-state index in [1.807, 2.05) is 38.1 Å². The van der Waals surface area contributed by atoms with Gasteiger partial charge in [0.15, 0.2) is 18.1 Å². The van der Waals surface area contributed by atoms with Gasteiger partial charge < -0.3 is 19.6 Å². The van der Waals surface area contributed by atoms with E-state index in [0.29, 0.717) is 11.5 Å². The third-order valence-corrected chi connectivity index (χ3v) is 3.54. The van der Waals surface area contributed by atoms with Crippen LogP contribution in [0.1, 0.15) is 16.7 Å². The van der Waals surface area contributed by atoms with Gasteiger partial charge in [0.05, 0.1) is 20.4 Å². The number of ether oxygens (including phenoxy) is 2. The summed E-state index contributed by atoms with van der Waals surface area (Å²) in [4.78, 5) is 16.9. The Labute approximate surface area is 147 Å². The molecular weight excluding hydrogens is 320 g/mol. The predicted molar refractivity (Wildman–Crippen MR) is 97.6 cm³/mol. The van der Waals surface area contributed by atoms with Gasteiger partial charge in [0, 0.05) is 11.3 Å². The molecule has 25 heavy (non-hydrogen) atoms. The summed E-state index contributed by atoms with van der Waals surface area (Å²) in [7, 11) is 3.13. The summed E-state index contributed by atoms with van der Waals surface area (Å²) in [6.45, 7) is 3.78. The fourth-order valence-corrected chi connectivity index (χ4v) is 2.27. The highest BCUT2D eigenvalue weighted by Crippen LogP contribution is 2.26. The minimum absolute atomic E-state index is 0.170. The van der Waals surface area contributed by atoms with Crippen molar-refractivity contribution in [3.05, 3.63) is 53.1 Å². The Bertz CT molecular complexity index is 772. The molecule has 0 aliphatic carbocycles. The lowest BCUT2D eigenvalue weighted by molar-refractivity contribution is -0.120. The average Bonchev–Trinajstić information content (AvgIpc) is 2.61. The van der Waals surface area contributed by atoms with E-state index in [9.17, 15) is 4.79 Å². The lowest BCUT2D eigenvalue weighted by Gasteiger charge is -2.08. The van der Waals surface area contributed by atoms with E-state index in [-0.39, 0.29) is 12.5 Å². The number of aryl methyl sites for hydroxylation is 2. The van der Waals surface area contributed by atoms with Crippen LogP contribution in [0.25, 0.3) is 0 Å². The first kappa shape index (κ1) is 18.3. The molecule has 0 saturated carbocycles. The second-order valence-corrected chi connectivity index (χ2v) is 5.49. The molecule has 0 saturated heterocycles. The molecule has 0 aliphatic heterocycles. The molecule has 6 heteroatoms. The van der Waals surface area contributed by atoms with Crippen LogP contribution in [0.3, 0.4) is 0 Å². The molecule has 0 aliphatic rings. The number of carbonyl (C=O) groups excluding carboxylic acids is 1. The van der Waals surface area contributed by atoms with Crippen LogP contribution in [-0.4, -0.2) is 32.9 Å². The fourth-order valence-electron chi connectivity index (χ4n) is 2.27. The number of nitrogens with one attached hydrogen (secondary N) is 1. The number of amides is 1. The number of rotatable bonds is 7. The molecule has 0 aromatic heterocycles. The molecule has 2 aromatic rings. The third kappa shape index (κ3) is 5.24. The van der Waals surface area contributed by atoms with Crippen molar-refractivity contribution in [1.29, 1.82) is 0 Å². The first-order valence-corrected chi connectivity index (χ1v) is 7.78. The van der Waals surface area contributed by atoms with Crippen LogP contribution in [0.4, 0.5) is 5.69 Å². The fraction of sp³-hybridized carbons (Fsp3) is 0.263. The highest BCUT2D eigenvalue weighted by Gasteiger charge is 2.06. The van der Waals surface area contributed by atoms with E-state index in [1.54, 1.807) is 26.4 Å². The summed E-state index contributed by atoms with van der Waals surface area (Å²) in [5.41, 5.74) is 3.68. The first-order chi connectivity index (χ1) is 12.0. The van der Waals surface area contributed by atoms with Gasteiger partial charge >= 0.3 is 0 Å². The van der Waals surface area contributed by atoms with Gasteiger partial charge in [0.1, 0.15) is 0 Å². The van der Waals surface area contributed by atoms with Crippen molar-refractivity contribution in [2.45, 2.75) is 13.8 Å². The summed E-state index contributed by atoms with van der Waals surface area (Å²) < 4.78 is 10.4. The molecule has 132 valence electrons. The number of anilines is 1. The Morgan fingerprint density at radius 3 is 2.52 bits per heavy atom. The lowest BCUT2D eigenvalue weighted by atomic mass is 10.1. The Balaban J connectivity index is 1.87. The number of methoxy groups -OCH3 is 2. The van der Waals surface area contributed by atoms with Gasteiger partial charge in [-0.25, -0.2) is 0 Å². The second kappa shape index (κ2) is 8.73. The molecule has 6 nitrogen and oxygen atoms in total. The van der Waals surface area contributed by atoms with Crippen LogP contribution >= 0.6 is 0 Å². The first-order valence-electron chi connectivity index (χ1n) is 7.78. The zero-order chi connectivity index (χ0) is 18.2. The molecule has 0 unspecified atom stereocenters. The third-order valence-electron chi connectivity index (χ3n) is 3.54. The summed E-state index contributed by atoms with van der Waals surface area (Å²) in [6, 6.07) is 11.2. The Morgan fingerprint density at radius 2 is 1.84 bits per heavy atom. The molecular formula is C19H22N2O4. The van der Waals surface area contributed by atoms with Crippen molar-refractivity contribution in [2.75, 3.05) is 26.1 Å². The van der Waals surface area contributed by atoms with Gasteiger partial charge in [-0.15, -0.1) is 0 Å². The predicted octanol–water partition coefficient (Wildman–Crippen LogP) is 3.31. The van der Waals surface area contributed by atoms with E-state index < -0.39 is 0 Å². The highest BCUT2D eigenvalue weighted by molar-refractivity contribution is 5.92. The topological polar surface area (TPSA) is 69.2 Å². The monoisotopic (exact) mass is 342 g/mol. The van der Waals surface area contributed by atoms with E-state index in [2.05, 4.69) is 10.5 Å². The number of nitrogens with zero attached hydrogens (tertiary/aromatic N) is 1. The van der Waals surface area contributed by atoms with Crippen LogP contribution in [0.15, 0.2) is 41.6 Å². The normalized spacial score (nSPS) is 10.6. The maximum absolute atomic E-state index is 11.9. The van der Waals surface area contributed by atoms with Gasteiger partial charge in [-0.2, -0.15) is 0 Å². The number of benzene rings is 2. The molecule has 2 aromatic carbocycles. The minimum atomic E-state index is -0.267. The largest absolute Gasteiger partial charge is 0.493 e. The average molecular weight is 342 g/mol. The van der Waals surface area contributed by atoms with Crippen molar-refractivity contribution in [3.8, 4) is 11.5 Å². The zero-order valence-corrected chi connectivity index (χ0v) is 14.8. The zero-order valence-electron chi connectivity index (χ0n) is 14.8. The summed E-state index contributed by atoms with van der Waals surface area (Å²) >= 11 is 0. The molecule has 0 spiro atoms. The lowest BCUT2D eigenvalue weighted by Crippen LogP contribution is -2.17. The SMILES string of the molecule is COc1ccc(C=NOCC(=O)Nc2ccc(C)cc2C)cc1OC. The van der Waals surface area contributed by atoms with Crippen LogP contribution in [0, 0.1) is 13.8 Å². The maximum atomic E-state index is 11.9. The molecule has 1 amide bonds. The van der Waals surface area contributed by atoms with Gasteiger partial charge in [-0.05, 0) is 43.7 Å². The molecule has 0 fully saturated rings. The molecule has 0 radical (unpaired) electrons. The Morgan fingerprint density at radius 1 is 1.08 bits per heavy atom. The van der Waals surface area contributed by atoms with Crippen LogP contribution < -0.4 is 14.8 Å². The summed E-state index contributed by atoms with van der Waals surface area (Å²) in [5, 5.41) is 6.60. The standard InChI is InChI=1S/C19H22N2O4/c1-13-5-7-16(14(2)9-13)21-19(22)12-25-20-11-15-6-8-17(23-3)18(10-15)24-4/h5-11H,12H2,1-4H3,(H,21,22). The molecule has 0 bridgehead atoms. The molecule has 2 rings (SSSR count). The number of hydrogen-bond acceptors (Lipinski definition) is 5. The number of hydrogen-bond donors (Lipinski definition) is 1. The van der Waals surface area contributed by atoms with Gasteiger partial charge in [0.25, 0.3) is 5.91 Å². The van der Waals surface area contributed by atoms with Crippen molar-refractivity contribution in [3.63, 3.8) is 0 Å². The van der Waals surface area contributed by atoms with Crippen molar-refractivity contribution < 1.29 is 19.1 Å². The quantitative estimate of drug-likeness (QED) is 0.619. The van der Waals surface area contributed by atoms with Gasteiger partial charge in [0.2, 0.25) is 0 Å². The van der Waals surface area contributed by atoms with Crippen molar-refractivity contribution >= 4 is 17.8 Å². The minimum Gasteiger partial charge on any atom is -0.493 e. The summed E-state index contributed by atoms with van der Waals surface area (Å²) in [6.07, 6.45) is 1.51. The van der Waals surface area contributed by atoms with Crippen molar-refractivity contribution in [1.82, 2.24) is 0 Å². The van der Waals surface area contributed by atoms with Crippen molar-refractivity contribution in [2.24, 2.45) is 5.16 Å². The number of oxime groups is 1. The Kier molecular flexibility index (Phi) is 6.39. The smallest absolute Gasteiger partial charge is 0.265 e. The van der Waals surface area contributed by atoms with Crippen LogP contribution in [-0.2, 0) is 9.63 Å². The number of carbonyl (C=O) groups is 1.